The molecule has 2 N–H and O–H groups in total. The highest BCUT2D eigenvalue weighted by Gasteiger charge is 2.04. The number of hydrogen-bond donors (Lipinski definition) is 2. The van der Waals surface area contributed by atoms with Gasteiger partial charge in [-0.2, -0.15) is 0 Å². The number of allylic oxidation sites excluding steroid dienone is 2. The van der Waals surface area contributed by atoms with Gasteiger partial charge in [-0.25, -0.2) is 4.79 Å². The van der Waals surface area contributed by atoms with Crippen molar-refractivity contribution in [2.45, 2.75) is 6.92 Å². The number of carbonyl (C=O) groups is 2. The van der Waals surface area contributed by atoms with Crippen molar-refractivity contribution < 1.29 is 19.8 Å². The third-order valence-electron chi connectivity index (χ3n) is 0.912. The van der Waals surface area contributed by atoms with Crippen LogP contribution in [0.3, 0.4) is 0 Å². The molecule has 0 bridgehead atoms. The Balaban J connectivity index is 4.15. The molecule has 0 atom stereocenters. The smallest absolute Gasteiger partial charge is 0.376 e. The van der Waals surface area contributed by atoms with Gasteiger partial charge in [0.1, 0.15) is 0 Å². The maximum Gasteiger partial charge on any atom is 0.376 e. The van der Waals surface area contributed by atoms with Gasteiger partial charge in [-0.05, 0) is 18.6 Å². The summed E-state index contributed by atoms with van der Waals surface area (Å²) in [4.78, 5) is 20.3. The van der Waals surface area contributed by atoms with E-state index >= 15 is 0 Å². The van der Waals surface area contributed by atoms with Crippen LogP contribution in [0.2, 0.25) is 0 Å². The van der Waals surface area contributed by atoms with Crippen LogP contribution in [0.1, 0.15) is 6.92 Å². The zero-order valence-corrected chi connectivity index (χ0v) is 5.94. The summed E-state index contributed by atoms with van der Waals surface area (Å²) >= 11 is 0. The summed E-state index contributed by atoms with van der Waals surface area (Å²) in [5.41, 5.74) is 0.416. The number of rotatable bonds is 3. The Bertz CT molecular complexity index is 225. The van der Waals surface area contributed by atoms with Gasteiger partial charge >= 0.3 is 5.97 Å². The monoisotopic (exact) mass is 156 g/mol. The largest absolute Gasteiger partial charge is 0.515 e. The van der Waals surface area contributed by atoms with Crippen LogP contribution in [-0.2, 0) is 9.59 Å². The standard InChI is InChI=1S/C7H8O4/c1-5(4-8)2-3-6(9)7(10)11/h2-4,8H,1H3,(H,10,11)/b3-2+,5-4+. The molecule has 0 aliphatic carbocycles. The second-order valence-electron chi connectivity index (χ2n) is 1.88. The van der Waals surface area contributed by atoms with Crippen molar-refractivity contribution in [3.8, 4) is 0 Å². The molecule has 11 heavy (non-hydrogen) atoms. The lowest BCUT2D eigenvalue weighted by atomic mass is 10.2. The Labute approximate surface area is 63.5 Å². The lowest BCUT2D eigenvalue weighted by Gasteiger charge is -1.85. The Morgan fingerprint density at radius 2 is 1.82 bits per heavy atom. The molecule has 0 heterocycles. The quantitative estimate of drug-likeness (QED) is 0.272. The first-order valence-corrected chi connectivity index (χ1v) is 2.84. The average Bonchev–Trinajstić information content (AvgIpc) is 1.99. The molecule has 0 spiro atoms. The lowest BCUT2D eigenvalue weighted by Crippen LogP contribution is -2.08. The Morgan fingerprint density at radius 1 is 1.27 bits per heavy atom. The summed E-state index contributed by atoms with van der Waals surface area (Å²) in [7, 11) is 0. The predicted octanol–water partition coefficient (Wildman–Crippen LogP) is 0.658. The second-order valence-corrected chi connectivity index (χ2v) is 1.88. The number of carboxylic acids is 1. The van der Waals surface area contributed by atoms with Crippen molar-refractivity contribution in [3.63, 3.8) is 0 Å². The number of hydrogen-bond acceptors (Lipinski definition) is 3. The van der Waals surface area contributed by atoms with E-state index in [-0.39, 0.29) is 0 Å². The van der Waals surface area contributed by atoms with Gasteiger partial charge in [0.2, 0.25) is 0 Å². The molecule has 4 nitrogen and oxygen atoms in total. The lowest BCUT2D eigenvalue weighted by molar-refractivity contribution is -0.146. The van der Waals surface area contributed by atoms with Crippen LogP contribution in [0, 0.1) is 0 Å². The normalized spacial score (nSPS) is 11.9. The Kier molecular flexibility index (Phi) is 3.66. The van der Waals surface area contributed by atoms with Crippen molar-refractivity contribution in [3.05, 3.63) is 24.0 Å². The van der Waals surface area contributed by atoms with E-state index < -0.39 is 11.8 Å². The molecule has 0 aromatic heterocycles. The molecule has 0 aromatic carbocycles. The molecule has 0 saturated carbocycles. The number of ketones is 1. The van der Waals surface area contributed by atoms with Crippen LogP contribution in [0.4, 0.5) is 0 Å². The number of aliphatic hydroxyl groups is 1. The molecule has 0 unspecified atom stereocenters. The topological polar surface area (TPSA) is 74.6 Å². The molecule has 0 amide bonds. The van der Waals surface area contributed by atoms with E-state index in [1.165, 1.54) is 13.0 Å². The van der Waals surface area contributed by atoms with E-state index in [0.29, 0.717) is 5.57 Å². The first kappa shape index (κ1) is 9.42. The SMILES string of the molecule is CC(/C=C/C(=O)C(=O)O)=C\O. The first-order valence-electron chi connectivity index (χ1n) is 2.84. The minimum absolute atomic E-state index is 0.416. The van der Waals surface area contributed by atoms with E-state index in [1.807, 2.05) is 0 Å². The fourth-order valence-electron chi connectivity index (χ4n) is 0.321. The molecular formula is C7H8O4. The number of carboxylic acid groups (broad SMARTS) is 1. The van der Waals surface area contributed by atoms with Gasteiger partial charge in [0, 0.05) is 0 Å². The van der Waals surface area contributed by atoms with Crippen LogP contribution in [-0.4, -0.2) is 22.0 Å². The number of aliphatic carboxylic acids is 1. The van der Waals surface area contributed by atoms with Crippen molar-refractivity contribution >= 4 is 11.8 Å². The highest BCUT2D eigenvalue weighted by atomic mass is 16.4. The third kappa shape index (κ3) is 3.91. The van der Waals surface area contributed by atoms with Crippen molar-refractivity contribution in [2.24, 2.45) is 0 Å². The molecule has 60 valence electrons. The van der Waals surface area contributed by atoms with Gasteiger partial charge in [0.15, 0.2) is 0 Å². The van der Waals surface area contributed by atoms with Gasteiger partial charge in [0.25, 0.3) is 5.78 Å². The molecule has 0 rings (SSSR count). The van der Waals surface area contributed by atoms with E-state index in [0.717, 1.165) is 12.3 Å². The second kappa shape index (κ2) is 4.27. The van der Waals surface area contributed by atoms with Gasteiger partial charge in [-0.15, -0.1) is 0 Å². The van der Waals surface area contributed by atoms with E-state index in [9.17, 15) is 9.59 Å². The van der Waals surface area contributed by atoms with Gasteiger partial charge in [0.05, 0.1) is 6.26 Å². The van der Waals surface area contributed by atoms with Crippen molar-refractivity contribution in [1.29, 1.82) is 0 Å². The van der Waals surface area contributed by atoms with Crippen LogP contribution < -0.4 is 0 Å². The van der Waals surface area contributed by atoms with Gasteiger partial charge < -0.3 is 10.2 Å². The zero-order chi connectivity index (χ0) is 8.85. The molecular weight excluding hydrogens is 148 g/mol. The number of carbonyl (C=O) groups excluding carboxylic acids is 1. The molecule has 0 radical (unpaired) electrons. The number of aliphatic hydroxyl groups excluding tert-OH is 1. The van der Waals surface area contributed by atoms with E-state index in [2.05, 4.69) is 0 Å². The van der Waals surface area contributed by atoms with Gasteiger partial charge in [-0.3, -0.25) is 4.79 Å². The fraction of sp³-hybridized carbons (Fsp3) is 0.143. The Hall–Kier alpha value is -1.58. The molecule has 4 heteroatoms. The summed E-state index contributed by atoms with van der Waals surface area (Å²) in [5.74, 6) is -2.52. The van der Waals surface area contributed by atoms with Crippen LogP contribution >= 0.6 is 0 Å². The molecule has 0 aliphatic rings. The highest BCUT2D eigenvalue weighted by Crippen LogP contribution is 1.92. The molecule has 0 saturated heterocycles. The zero-order valence-electron chi connectivity index (χ0n) is 5.94. The van der Waals surface area contributed by atoms with Crippen LogP contribution in [0.5, 0.6) is 0 Å². The minimum Gasteiger partial charge on any atom is -0.515 e. The summed E-state index contributed by atoms with van der Waals surface area (Å²) in [6.45, 7) is 1.53. The first-order chi connectivity index (χ1) is 5.07. The summed E-state index contributed by atoms with van der Waals surface area (Å²) in [6.07, 6.45) is 2.88. The van der Waals surface area contributed by atoms with E-state index in [1.54, 1.807) is 0 Å². The van der Waals surface area contributed by atoms with E-state index in [4.69, 9.17) is 10.2 Å². The maximum atomic E-state index is 10.4. The summed E-state index contributed by atoms with van der Waals surface area (Å²) < 4.78 is 0. The Morgan fingerprint density at radius 3 is 2.18 bits per heavy atom. The summed E-state index contributed by atoms with van der Waals surface area (Å²) in [6, 6.07) is 0. The fourth-order valence-corrected chi connectivity index (χ4v) is 0.321. The van der Waals surface area contributed by atoms with Crippen LogP contribution in [0.25, 0.3) is 0 Å². The third-order valence-corrected chi connectivity index (χ3v) is 0.912. The minimum atomic E-state index is -1.51. The van der Waals surface area contributed by atoms with Crippen LogP contribution in [0.15, 0.2) is 24.0 Å². The molecule has 0 fully saturated rings. The van der Waals surface area contributed by atoms with Crippen molar-refractivity contribution in [1.82, 2.24) is 0 Å². The summed E-state index contributed by atoms with van der Waals surface area (Å²) in [5, 5.41) is 16.4. The maximum absolute atomic E-state index is 10.4. The molecule has 0 aromatic rings. The highest BCUT2D eigenvalue weighted by molar-refractivity contribution is 6.37. The molecule has 0 aliphatic heterocycles. The average molecular weight is 156 g/mol. The van der Waals surface area contributed by atoms with Crippen molar-refractivity contribution in [2.75, 3.05) is 0 Å². The van der Waals surface area contributed by atoms with Gasteiger partial charge in [-0.1, -0.05) is 6.08 Å². The predicted molar refractivity (Wildman–Crippen MR) is 38.2 cm³/mol.